The van der Waals surface area contributed by atoms with Gasteiger partial charge in [-0.1, -0.05) is 0 Å². The molecule has 1 unspecified atom stereocenters. The summed E-state index contributed by atoms with van der Waals surface area (Å²) in [5.41, 5.74) is 0.378. The maximum atomic E-state index is 16.6. The van der Waals surface area contributed by atoms with Gasteiger partial charge in [-0.05, 0) is 0 Å². The van der Waals surface area contributed by atoms with Crippen LogP contribution in [0, 0.1) is 5.82 Å². The van der Waals surface area contributed by atoms with E-state index in [1.807, 2.05) is 91.0 Å². The summed E-state index contributed by atoms with van der Waals surface area (Å²) in [5, 5.41) is 2.89. The summed E-state index contributed by atoms with van der Waals surface area (Å²) in [6.45, 7) is 0. The van der Waals surface area contributed by atoms with E-state index in [0.29, 0.717) is 5.56 Å². The fourth-order valence-corrected chi connectivity index (χ4v) is 8.67. The van der Waals surface area contributed by atoms with Crippen LogP contribution in [0.3, 0.4) is 0 Å². The van der Waals surface area contributed by atoms with Crippen molar-refractivity contribution in [3.05, 3.63) is 127 Å². The van der Waals surface area contributed by atoms with Crippen LogP contribution in [0.25, 0.3) is 0 Å². The van der Waals surface area contributed by atoms with Gasteiger partial charge in [0.1, 0.15) is 0 Å². The molecule has 0 aliphatic rings. The SMILES string of the molecule is Fc1cccc(C(F)[PH](c2ccccc2)(c2ccccc2)c2ccccc2)c1. The summed E-state index contributed by atoms with van der Waals surface area (Å²) in [7, 11) is -3.12. The first-order chi connectivity index (χ1) is 13.7. The molecule has 0 aliphatic heterocycles. The second-order valence-electron chi connectivity index (χ2n) is 6.82. The van der Waals surface area contributed by atoms with Crippen molar-refractivity contribution < 1.29 is 8.78 Å². The molecule has 4 aromatic carbocycles. The van der Waals surface area contributed by atoms with Crippen molar-refractivity contribution in [3.8, 4) is 0 Å². The molecule has 0 N–H and O–H groups in total. The van der Waals surface area contributed by atoms with Gasteiger partial charge in [0, 0.05) is 0 Å². The average molecular weight is 390 g/mol. The minimum atomic E-state index is -3.12. The van der Waals surface area contributed by atoms with Gasteiger partial charge >= 0.3 is 165 Å². The summed E-state index contributed by atoms with van der Waals surface area (Å²) < 4.78 is 30.6. The molecule has 0 fully saturated rings. The first-order valence-corrected chi connectivity index (χ1v) is 11.4. The van der Waals surface area contributed by atoms with Crippen LogP contribution in [0.5, 0.6) is 0 Å². The van der Waals surface area contributed by atoms with Crippen LogP contribution in [0.15, 0.2) is 115 Å². The number of benzene rings is 4. The molecule has 0 amide bonds. The van der Waals surface area contributed by atoms with E-state index in [0.717, 1.165) is 15.9 Å². The number of hydrogen-bond donors (Lipinski definition) is 0. The van der Waals surface area contributed by atoms with Crippen LogP contribution in [-0.2, 0) is 0 Å². The minimum absolute atomic E-state index is 0.378. The Bertz CT molecular complexity index is 937. The Hall–Kier alpha value is -2.83. The second kappa shape index (κ2) is 8.04. The quantitative estimate of drug-likeness (QED) is 0.394. The molecule has 0 spiro atoms. The third-order valence-corrected chi connectivity index (χ3v) is 10.0. The van der Waals surface area contributed by atoms with Gasteiger partial charge in [-0.2, -0.15) is 0 Å². The second-order valence-corrected chi connectivity index (χ2v) is 10.7. The molecule has 4 aromatic rings. The topological polar surface area (TPSA) is 0 Å². The third-order valence-electron chi connectivity index (χ3n) is 5.21. The maximum absolute atomic E-state index is 16.6. The van der Waals surface area contributed by atoms with Crippen LogP contribution in [-0.4, -0.2) is 0 Å². The van der Waals surface area contributed by atoms with Crippen molar-refractivity contribution >= 4 is 23.2 Å². The van der Waals surface area contributed by atoms with Crippen molar-refractivity contribution in [3.63, 3.8) is 0 Å². The standard InChI is InChI=1S/C25H21F2P/c26-21-12-10-11-20(19-21)25(27)28(22-13-4-1-5-14-22,23-15-6-2-7-16-23)24-17-8-3-9-18-24/h1-19,25,28H. The Balaban J connectivity index is 2.07. The van der Waals surface area contributed by atoms with Crippen molar-refractivity contribution in [1.29, 1.82) is 0 Å². The number of halogens is 2. The molecule has 0 saturated heterocycles. The Morgan fingerprint density at radius 3 is 1.36 bits per heavy atom. The van der Waals surface area contributed by atoms with Crippen molar-refractivity contribution in [1.82, 2.24) is 0 Å². The molecule has 0 bridgehead atoms. The molecule has 0 saturated carbocycles. The monoisotopic (exact) mass is 390 g/mol. The molecule has 0 radical (unpaired) electrons. The van der Waals surface area contributed by atoms with E-state index in [4.69, 9.17) is 0 Å². The molecule has 0 aliphatic carbocycles. The van der Waals surface area contributed by atoms with E-state index in [9.17, 15) is 4.39 Å². The zero-order valence-corrected chi connectivity index (χ0v) is 16.3. The summed E-state index contributed by atoms with van der Waals surface area (Å²) in [5.74, 6) is -1.76. The molecule has 140 valence electrons. The van der Waals surface area contributed by atoms with Crippen molar-refractivity contribution in [2.24, 2.45) is 0 Å². The van der Waals surface area contributed by atoms with Gasteiger partial charge in [0.25, 0.3) is 0 Å². The van der Waals surface area contributed by atoms with Gasteiger partial charge in [0.2, 0.25) is 0 Å². The van der Waals surface area contributed by atoms with Gasteiger partial charge in [0.15, 0.2) is 0 Å². The number of hydrogen-bond acceptors (Lipinski definition) is 0. The first-order valence-electron chi connectivity index (χ1n) is 9.29. The Kier molecular flexibility index (Phi) is 5.32. The van der Waals surface area contributed by atoms with E-state index in [-0.39, 0.29) is 0 Å². The molecule has 0 heterocycles. The van der Waals surface area contributed by atoms with Crippen molar-refractivity contribution in [2.75, 3.05) is 0 Å². The predicted molar refractivity (Wildman–Crippen MR) is 117 cm³/mol. The Labute approximate surface area is 164 Å². The van der Waals surface area contributed by atoms with E-state index in [2.05, 4.69) is 0 Å². The van der Waals surface area contributed by atoms with Crippen LogP contribution >= 0.6 is 7.26 Å². The third kappa shape index (κ3) is 3.25. The predicted octanol–water partition coefficient (Wildman–Crippen LogP) is 5.52. The van der Waals surface area contributed by atoms with E-state index in [1.54, 1.807) is 12.1 Å². The summed E-state index contributed by atoms with van der Waals surface area (Å²) >= 11 is 0. The molecule has 28 heavy (non-hydrogen) atoms. The van der Waals surface area contributed by atoms with Gasteiger partial charge in [-0.25, -0.2) is 0 Å². The summed E-state index contributed by atoms with van der Waals surface area (Å²) in [4.78, 5) is 0. The van der Waals surface area contributed by atoms with Crippen LogP contribution in [0.1, 0.15) is 11.5 Å². The van der Waals surface area contributed by atoms with E-state index < -0.39 is 19.0 Å². The van der Waals surface area contributed by atoms with Crippen LogP contribution in [0.4, 0.5) is 8.78 Å². The number of rotatable bonds is 5. The fourth-order valence-electron chi connectivity index (χ4n) is 3.96. The molecular weight excluding hydrogens is 369 g/mol. The molecule has 1 atom stereocenters. The molecular formula is C25H21F2P. The molecule has 0 aromatic heterocycles. The summed E-state index contributed by atoms with van der Waals surface area (Å²) in [6.07, 6.45) is 0. The molecule has 0 nitrogen and oxygen atoms in total. The van der Waals surface area contributed by atoms with Gasteiger partial charge in [-0.15, -0.1) is 0 Å². The Morgan fingerprint density at radius 2 is 0.964 bits per heavy atom. The van der Waals surface area contributed by atoms with Crippen LogP contribution in [0.2, 0.25) is 0 Å². The zero-order chi connectivity index (χ0) is 19.4. The first kappa shape index (κ1) is 18.5. The van der Waals surface area contributed by atoms with E-state index in [1.165, 1.54) is 12.1 Å². The van der Waals surface area contributed by atoms with Crippen molar-refractivity contribution in [2.45, 2.75) is 5.91 Å². The normalized spacial score (nSPS) is 13.1. The fraction of sp³-hybridized carbons (Fsp3) is 0.0400. The summed E-state index contributed by atoms with van der Waals surface area (Å²) in [6, 6.07) is 35.4. The van der Waals surface area contributed by atoms with E-state index >= 15 is 4.39 Å². The number of alkyl halides is 1. The molecule has 4 rings (SSSR count). The van der Waals surface area contributed by atoms with Gasteiger partial charge in [-0.3, -0.25) is 0 Å². The zero-order valence-electron chi connectivity index (χ0n) is 15.3. The Morgan fingerprint density at radius 1 is 0.536 bits per heavy atom. The van der Waals surface area contributed by atoms with Gasteiger partial charge in [0.05, 0.1) is 0 Å². The van der Waals surface area contributed by atoms with Crippen LogP contribution < -0.4 is 15.9 Å². The average Bonchev–Trinajstić information content (AvgIpc) is 2.76. The molecule has 3 heteroatoms. The van der Waals surface area contributed by atoms with Gasteiger partial charge < -0.3 is 0 Å².